The first kappa shape index (κ1) is 9.56. The lowest BCUT2D eigenvalue weighted by Crippen LogP contribution is -1.90. The zero-order valence-corrected chi connectivity index (χ0v) is 7.19. The van der Waals surface area contributed by atoms with Gasteiger partial charge in [0.05, 0.1) is 0 Å². The minimum Gasteiger partial charge on any atom is -0.120 e. The van der Waals surface area contributed by atoms with E-state index in [1.807, 2.05) is 0 Å². The number of terminal acetylenes is 1. The third-order valence-electron chi connectivity index (χ3n) is 1.96. The van der Waals surface area contributed by atoms with Gasteiger partial charge in [-0.05, 0) is 12.3 Å². The molecule has 0 heterocycles. The van der Waals surface area contributed by atoms with Gasteiger partial charge in [0, 0.05) is 6.42 Å². The molecular formula is C10H18. The van der Waals surface area contributed by atoms with Crippen LogP contribution in [0.15, 0.2) is 0 Å². The summed E-state index contributed by atoms with van der Waals surface area (Å²) >= 11 is 0. The zero-order chi connectivity index (χ0) is 7.82. The topological polar surface area (TPSA) is 0 Å². The molecular weight excluding hydrogens is 120 g/mol. The summed E-state index contributed by atoms with van der Waals surface area (Å²) in [6, 6.07) is 0. The molecule has 0 aliphatic heterocycles. The maximum Gasteiger partial charge on any atom is 0.00860 e. The molecule has 0 unspecified atom stereocenters. The molecule has 58 valence electrons. The molecule has 0 bridgehead atoms. The van der Waals surface area contributed by atoms with Crippen molar-refractivity contribution in [3.8, 4) is 12.3 Å². The van der Waals surface area contributed by atoms with Crippen LogP contribution in [0.3, 0.4) is 0 Å². The second-order valence-corrected chi connectivity index (χ2v) is 2.96. The highest BCUT2D eigenvalue weighted by Gasteiger charge is 1.96. The molecule has 0 spiro atoms. The Labute approximate surface area is 65.0 Å². The van der Waals surface area contributed by atoms with E-state index < -0.39 is 0 Å². The van der Waals surface area contributed by atoms with Crippen LogP contribution >= 0.6 is 0 Å². The number of hydrogen-bond acceptors (Lipinski definition) is 0. The highest BCUT2D eigenvalue weighted by molar-refractivity contribution is 4.82. The fourth-order valence-electron chi connectivity index (χ4n) is 0.924. The lowest BCUT2D eigenvalue weighted by molar-refractivity contribution is 0.487. The Morgan fingerprint density at radius 3 is 2.60 bits per heavy atom. The summed E-state index contributed by atoms with van der Waals surface area (Å²) in [6.45, 7) is 4.54. The second kappa shape index (κ2) is 6.68. The van der Waals surface area contributed by atoms with Crippen LogP contribution in [0, 0.1) is 18.3 Å². The Bertz CT molecular complexity index is 97.1. The average molecular weight is 138 g/mol. The van der Waals surface area contributed by atoms with E-state index in [1.165, 1.54) is 25.7 Å². The van der Waals surface area contributed by atoms with Gasteiger partial charge < -0.3 is 0 Å². The van der Waals surface area contributed by atoms with Crippen molar-refractivity contribution in [2.45, 2.75) is 46.0 Å². The highest BCUT2D eigenvalue weighted by atomic mass is 14.0. The van der Waals surface area contributed by atoms with E-state index in [1.54, 1.807) is 0 Å². The van der Waals surface area contributed by atoms with Crippen LogP contribution in [-0.4, -0.2) is 0 Å². The molecule has 1 atom stereocenters. The van der Waals surface area contributed by atoms with Gasteiger partial charge in [-0.3, -0.25) is 0 Å². The fourth-order valence-corrected chi connectivity index (χ4v) is 0.924. The molecule has 0 saturated heterocycles. The number of rotatable bonds is 5. The molecule has 0 nitrogen and oxygen atoms in total. The van der Waals surface area contributed by atoms with Crippen molar-refractivity contribution in [2.75, 3.05) is 0 Å². The molecule has 0 saturated carbocycles. The van der Waals surface area contributed by atoms with Gasteiger partial charge in [-0.15, -0.1) is 12.3 Å². The van der Waals surface area contributed by atoms with Crippen LogP contribution in [0.1, 0.15) is 46.0 Å². The first-order valence-electron chi connectivity index (χ1n) is 4.24. The molecule has 0 heteroatoms. The molecule has 0 aromatic rings. The van der Waals surface area contributed by atoms with Crippen LogP contribution in [0.2, 0.25) is 0 Å². The van der Waals surface area contributed by atoms with E-state index in [2.05, 4.69) is 19.8 Å². The maximum absolute atomic E-state index is 5.13. The van der Waals surface area contributed by atoms with Crippen molar-refractivity contribution in [1.29, 1.82) is 0 Å². The number of hydrogen-bond donors (Lipinski definition) is 0. The number of unbranched alkanes of at least 4 members (excludes halogenated alkanes) is 2. The monoisotopic (exact) mass is 138 g/mol. The third-order valence-corrected chi connectivity index (χ3v) is 1.96. The predicted molar refractivity (Wildman–Crippen MR) is 46.8 cm³/mol. The molecule has 0 aromatic carbocycles. The fraction of sp³-hybridized carbons (Fsp3) is 0.800. The molecule has 0 N–H and O–H groups in total. The predicted octanol–water partition coefficient (Wildman–Crippen LogP) is 3.23. The highest BCUT2D eigenvalue weighted by Crippen LogP contribution is 2.11. The van der Waals surface area contributed by atoms with Gasteiger partial charge in [-0.25, -0.2) is 0 Å². The van der Waals surface area contributed by atoms with Crippen LogP contribution in [-0.2, 0) is 0 Å². The zero-order valence-electron chi connectivity index (χ0n) is 7.19. The molecule has 0 aromatic heterocycles. The van der Waals surface area contributed by atoms with Crippen LogP contribution < -0.4 is 0 Å². The lowest BCUT2D eigenvalue weighted by Gasteiger charge is -2.05. The van der Waals surface area contributed by atoms with Gasteiger partial charge in [0.25, 0.3) is 0 Å². The summed E-state index contributed by atoms with van der Waals surface area (Å²) in [6.07, 6.45) is 11.2. The first-order chi connectivity index (χ1) is 4.81. The van der Waals surface area contributed by atoms with E-state index >= 15 is 0 Å². The van der Waals surface area contributed by atoms with Crippen LogP contribution in [0.5, 0.6) is 0 Å². The molecule has 0 aliphatic carbocycles. The largest absolute Gasteiger partial charge is 0.120 e. The minimum absolute atomic E-state index is 0.887. The molecule has 0 amide bonds. The summed E-state index contributed by atoms with van der Waals surface area (Å²) in [5.41, 5.74) is 0. The van der Waals surface area contributed by atoms with Crippen molar-refractivity contribution < 1.29 is 0 Å². The summed E-state index contributed by atoms with van der Waals surface area (Å²) < 4.78 is 0. The molecule has 10 heavy (non-hydrogen) atoms. The summed E-state index contributed by atoms with van der Waals surface area (Å²) in [4.78, 5) is 0. The molecule has 0 aliphatic rings. The van der Waals surface area contributed by atoms with Crippen molar-refractivity contribution in [3.63, 3.8) is 0 Å². The van der Waals surface area contributed by atoms with E-state index in [0.717, 1.165) is 12.3 Å². The Hall–Kier alpha value is -0.440. The van der Waals surface area contributed by atoms with E-state index in [-0.39, 0.29) is 0 Å². The van der Waals surface area contributed by atoms with E-state index in [4.69, 9.17) is 6.42 Å². The van der Waals surface area contributed by atoms with Crippen molar-refractivity contribution >= 4 is 0 Å². The first-order valence-corrected chi connectivity index (χ1v) is 4.24. The van der Waals surface area contributed by atoms with Gasteiger partial charge in [0.1, 0.15) is 0 Å². The van der Waals surface area contributed by atoms with E-state index in [9.17, 15) is 0 Å². The standard InChI is InChI=1S/C10H18/c1-4-6-7-8-9-10(3)5-2/h1,10H,5-9H2,2-3H3/t10-/m0/s1. The van der Waals surface area contributed by atoms with Crippen molar-refractivity contribution in [3.05, 3.63) is 0 Å². The Balaban J connectivity index is 2.98. The van der Waals surface area contributed by atoms with Crippen molar-refractivity contribution in [1.82, 2.24) is 0 Å². The molecule has 0 fully saturated rings. The Morgan fingerprint density at radius 1 is 1.40 bits per heavy atom. The van der Waals surface area contributed by atoms with Crippen LogP contribution in [0.25, 0.3) is 0 Å². The van der Waals surface area contributed by atoms with Gasteiger partial charge in [-0.2, -0.15) is 0 Å². The molecule has 0 radical (unpaired) electrons. The quantitative estimate of drug-likeness (QED) is 0.404. The second-order valence-electron chi connectivity index (χ2n) is 2.96. The van der Waals surface area contributed by atoms with Crippen LogP contribution in [0.4, 0.5) is 0 Å². The smallest absolute Gasteiger partial charge is 0.00860 e. The Kier molecular flexibility index (Phi) is 6.38. The Morgan fingerprint density at radius 2 is 2.10 bits per heavy atom. The SMILES string of the molecule is C#CCCCC[C@@H](C)CC. The maximum atomic E-state index is 5.13. The van der Waals surface area contributed by atoms with Crippen molar-refractivity contribution in [2.24, 2.45) is 5.92 Å². The third kappa shape index (κ3) is 5.69. The summed E-state index contributed by atoms with van der Waals surface area (Å²) in [7, 11) is 0. The van der Waals surface area contributed by atoms with E-state index in [0.29, 0.717) is 0 Å². The molecule has 0 rings (SSSR count). The minimum atomic E-state index is 0.887. The van der Waals surface area contributed by atoms with Gasteiger partial charge >= 0.3 is 0 Å². The average Bonchev–Trinajstić information content (AvgIpc) is 1.98. The van der Waals surface area contributed by atoms with Gasteiger partial charge in [0.2, 0.25) is 0 Å². The summed E-state index contributed by atoms with van der Waals surface area (Å²) in [5.74, 6) is 3.55. The van der Waals surface area contributed by atoms with Gasteiger partial charge in [-0.1, -0.05) is 33.1 Å². The normalized spacial score (nSPS) is 12.5. The lowest BCUT2D eigenvalue weighted by atomic mass is 10.0. The summed E-state index contributed by atoms with van der Waals surface area (Å²) in [5, 5.41) is 0. The van der Waals surface area contributed by atoms with Gasteiger partial charge in [0.15, 0.2) is 0 Å².